The molecule has 2 heterocycles. The van der Waals surface area contributed by atoms with Crippen molar-refractivity contribution in [3.8, 4) is 0 Å². The fraction of sp³-hybridized carbons (Fsp3) is 0.412. The Morgan fingerprint density at radius 2 is 2.38 bits per heavy atom. The summed E-state index contributed by atoms with van der Waals surface area (Å²) >= 11 is 1.40. The summed E-state index contributed by atoms with van der Waals surface area (Å²) in [5, 5.41) is 5.55. The molecule has 1 aromatic heterocycles. The molecule has 1 aromatic carbocycles. The van der Waals surface area contributed by atoms with Gasteiger partial charge in [-0.2, -0.15) is 0 Å². The lowest BCUT2D eigenvalue weighted by Gasteiger charge is -2.35. The number of nitrogens with two attached hydrogens (primary N) is 1. The minimum atomic E-state index is -0.225. The van der Waals surface area contributed by atoms with Crippen LogP contribution in [0, 0.1) is 12.7 Å². The molecular weight excluding hydrogens is 327 g/mol. The Bertz CT molecular complexity index is 733. The number of piperidine rings is 1. The zero-order valence-electron chi connectivity index (χ0n) is 13.6. The van der Waals surface area contributed by atoms with Crippen molar-refractivity contribution in [1.82, 2.24) is 10.3 Å². The molecule has 1 unspecified atom stereocenters. The van der Waals surface area contributed by atoms with Crippen molar-refractivity contribution < 1.29 is 9.18 Å². The van der Waals surface area contributed by atoms with E-state index in [4.69, 9.17) is 5.73 Å². The lowest BCUT2D eigenvalue weighted by molar-refractivity contribution is 0.0928. The van der Waals surface area contributed by atoms with Crippen LogP contribution in [-0.4, -0.2) is 30.0 Å². The number of hydrogen-bond donors (Lipinski definition) is 2. The smallest absolute Gasteiger partial charge is 0.271 e. The van der Waals surface area contributed by atoms with Crippen molar-refractivity contribution in [1.29, 1.82) is 0 Å². The molecule has 24 heavy (non-hydrogen) atoms. The maximum Gasteiger partial charge on any atom is 0.271 e. The molecule has 2 aromatic rings. The molecule has 0 saturated carbocycles. The molecule has 1 fully saturated rings. The normalized spacial score (nSPS) is 17.8. The van der Waals surface area contributed by atoms with E-state index in [0.29, 0.717) is 18.8 Å². The monoisotopic (exact) mass is 348 g/mol. The molecule has 5 nitrogen and oxygen atoms in total. The number of halogens is 1. The fourth-order valence-corrected chi connectivity index (χ4v) is 3.71. The third kappa shape index (κ3) is 3.73. The van der Waals surface area contributed by atoms with Crippen LogP contribution in [0.5, 0.6) is 0 Å². The molecule has 0 spiro atoms. The molecule has 3 N–H and O–H groups in total. The number of nitrogens with zero attached hydrogens (tertiary/aromatic N) is 2. The zero-order chi connectivity index (χ0) is 17.1. The molecule has 1 aliphatic rings. The van der Waals surface area contributed by atoms with Gasteiger partial charge in [0.1, 0.15) is 16.5 Å². The minimum absolute atomic E-state index is 0.0544. The van der Waals surface area contributed by atoms with Gasteiger partial charge in [-0.1, -0.05) is 0 Å². The Hall–Kier alpha value is -1.99. The highest BCUT2D eigenvalue weighted by Crippen LogP contribution is 2.24. The van der Waals surface area contributed by atoms with Crippen LogP contribution in [0.4, 0.5) is 10.1 Å². The molecule has 7 heteroatoms. The van der Waals surface area contributed by atoms with E-state index >= 15 is 0 Å². The van der Waals surface area contributed by atoms with Crippen LogP contribution in [0.15, 0.2) is 23.6 Å². The molecule has 1 saturated heterocycles. The average molecular weight is 348 g/mol. The first-order valence-electron chi connectivity index (χ1n) is 8.03. The summed E-state index contributed by atoms with van der Waals surface area (Å²) in [7, 11) is 0. The predicted molar refractivity (Wildman–Crippen MR) is 93.8 cm³/mol. The number of amides is 1. The Morgan fingerprint density at radius 1 is 1.54 bits per heavy atom. The number of thiazole rings is 1. The number of rotatable bonds is 4. The van der Waals surface area contributed by atoms with Crippen LogP contribution in [0.25, 0.3) is 0 Å². The van der Waals surface area contributed by atoms with E-state index in [-0.39, 0.29) is 17.8 Å². The number of carbonyl (C=O) groups is 1. The molecule has 1 amide bonds. The van der Waals surface area contributed by atoms with E-state index in [0.717, 1.165) is 35.6 Å². The Labute approximate surface area is 144 Å². The number of aromatic nitrogens is 1. The first kappa shape index (κ1) is 16.9. The van der Waals surface area contributed by atoms with E-state index in [2.05, 4.69) is 15.2 Å². The van der Waals surface area contributed by atoms with Crippen LogP contribution < -0.4 is 16.0 Å². The molecule has 0 bridgehead atoms. The van der Waals surface area contributed by atoms with E-state index < -0.39 is 0 Å². The molecule has 3 rings (SSSR count). The summed E-state index contributed by atoms with van der Waals surface area (Å²) in [6.07, 6.45) is 1.91. The molecule has 0 radical (unpaired) electrons. The first-order chi connectivity index (χ1) is 11.6. The Balaban J connectivity index is 1.66. The van der Waals surface area contributed by atoms with Crippen LogP contribution in [-0.2, 0) is 6.54 Å². The minimum Gasteiger partial charge on any atom is -0.369 e. The van der Waals surface area contributed by atoms with Crippen LogP contribution in [0.3, 0.4) is 0 Å². The van der Waals surface area contributed by atoms with Gasteiger partial charge in [0.05, 0.1) is 0 Å². The molecule has 0 aliphatic carbocycles. The molecule has 128 valence electrons. The van der Waals surface area contributed by atoms with E-state index in [1.165, 1.54) is 17.4 Å². The number of nitrogens with one attached hydrogen (secondary N) is 1. The van der Waals surface area contributed by atoms with E-state index in [1.54, 1.807) is 11.4 Å². The second-order valence-corrected chi connectivity index (χ2v) is 6.96. The van der Waals surface area contributed by atoms with Crippen molar-refractivity contribution in [3.05, 3.63) is 45.7 Å². The molecule has 1 atom stereocenters. The van der Waals surface area contributed by atoms with Gasteiger partial charge in [-0.05, 0) is 43.5 Å². The highest BCUT2D eigenvalue weighted by molar-refractivity contribution is 7.09. The second-order valence-electron chi connectivity index (χ2n) is 6.02. The maximum atomic E-state index is 13.3. The van der Waals surface area contributed by atoms with Crippen molar-refractivity contribution in [2.45, 2.75) is 32.4 Å². The largest absolute Gasteiger partial charge is 0.369 e. The van der Waals surface area contributed by atoms with Gasteiger partial charge >= 0.3 is 0 Å². The van der Waals surface area contributed by atoms with Crippen LogP contribution in [0.2, 0.25) is 0 Å². The van der Waals surface area contributed by atoms with Gasteiger partial charge in [-0.3, -0.25) is 4.79 Å². The van der Waals surface area contributed by atoms with Gasteiger partial charge in [0.25, 0.3) is 5.91 Å². The third-order valence-electron chi connectivity index (χ3n) is 4.22. The number of anilines is 1. The fourth-order valence-electron chi connectivity index (χ4n) is 3.06. The third-order valence-corrected chi connectivity index (χ3v) is 5.09. The molecule has 1 aliphatic heterocycles. The Kier molecular flexibility index (Phi) is 5.11. The number of benzene rings is 1. The van der Waals surface area contributed by atoms with Crippen molar-refractivity contribution in [3.63, 3.8) is 0 Å². The topological polar surface area (TPSA) is 71.2 Å². The SMILES string of the molecule is Cc1cc(F)ccc1N1CCCC(NC(=O)c2csc(CN)n2)C1. The number of hydrogen-bond acceptors (Lipinski definition) is 5. The van der Waals surface area contributed by atoms with Gasteiger partial charge < -0.3 is 16.0 Å². The van der Waals surface area contributed by atoms with Crippen LogP contribution >= 0.6 is 11.3 Å². The summed E-state index contributed by atoms with van der Waals surface area (Å²) < 4.78 is 13.3. The van der Waals surface area contributed by atoms with Gasteiger partial charge in [0, 0.05) is 36.7 Å². The lowest BCUT2D eigenvalue weighted by atomic mass is 10.0. The standard InChI is InChI=1S/C17H21FN4OS/c1-11-7-12(18)4-5-15(11)22-6-2-3-13(9-22)20-17(23)14-10-24-16(8-19)21-14/h4-5,7,10,13H,2-3,6,8-9,19H2,1H3,(H,20,23). The van der Waals surface area contributed by atoms with Crippen LogP contribution in [0.1, 0.15) is 33.9 Å². The first-order valence-corrected chi connectivity index (χ1v) is 8.91. The quantitative estimate of drug-likeness (QED) is 0.890. The predicted octanol–water partition coefficient (Wildman–Crippen LogP) is 2.45. The van der Waals surface area contributed by atoms with Crippen molar-refractivity contribution in [2.75, 3.05) is 18.0 Å². The zero-order valence-corrected chi connectivity index (χ0v) is 14.4. The van der Waals surface area contributed by atoms with Gasteiger partial charge in [-0.25, -0.2) is 9.37 Å². The lowest BCUT2D eigenvalue weighted by Crippen LogP contribution is -2.48. The van der Waals surface area contributed by atoms with E-state index in [1.807, 2.05) is 13.0 Å². The molecular formula is C17H21FN4OS. The average Bonchev–Trinajstić information content (AvgIpc) is 3.04. The van der Waals surface area contributed by atoms with Gasteiger partial charge in [0.15, 0.2) is 0 Å². The van der Waals surface area contributed by atoms with Gasteiger partial charge in [0.2, 0.25) is 0 Å². The van der Waals surface area contributed by atoms with Crippen molar-refractivity contribution in [2.24, 2.45) is 5.73 Å². The van der Waals surface area contributed by atoms with Gasteiger partial charge in [-0.15, -0.1) is 11.3 Å². The highest BCUT2D eigenvalue weighted by atomic mass is 32.1. The summed E-state index contributed by atoms with van der Waals surface area (Å²) in [5.41, 5.74) is 7.90. The summed E-state index contributed by atoms with van der Waals surface area (Å²) in [6, 6.07) is 4.89. The number of aryl methyl sites for hydroxylation is 1. The maximum absolute atomic E-state index is 13.3. The van der Waals surface area contributed by atoms with E-state index in [9.17, 15) is 9.18 Å². The highest BCUT2D eigenvalue weighted by Gasteiger charge is 2.23. The summed E-state index contributed by atoms with van der Waals surface area (Å²) in [5.74, 6) is -0.383. The summed E-state index contributed by atoms with van der Waals surface area (Å²) in [4.78, 5) is 18.7. The Morgan fingerprint density at radius 3 is 3.08 bits per heavy atom. The second kappa shape index (κ2) is 7.27. The van der Waals surface area contributed by atoms with Crippen molar-refractivity contribution >= 4 is 22.9 Å². The summed E-state index contributed by atoms with van der Waals surface area (Å²) in [6.45, 7) is 3.88. The number of carbonyl (C=O) groups excluding carboxylic acids is 1.